The van der Waals surface area contributed by atoms with Crippen LogP contribution in [0.2, 0.25) is 0 Å². The highest BCUT2D eigenvalue weighted by atomic mass is 32.1. The van der Waals surface area contributed by atoms with Gasteiger partial charge >= 0.3 is 0 Å². The topological polar surface area (TPSA) is 42.7 Å². The van der Waals surface area contributed by atoms with Gasteiger partial charge in [0.1, 0.15) is 0 Å². The maximum absolute atomic E-state index is 4.56. The molecule has 0 fully saturated rings. The van der Waals surface area contributed by atoms with E-state index in [1.165, 1.54) is 16.0 Å². The van der Waals surface area contributed by atoms with Gasteiger partial charge in [0.05, 0.1) is 10.2 Å². The van der Waals surface area contributed by atoms with Crippen molar-refractivity contribution in [3.8, 4) is 0 Å². The van der Waals surface area contributed by atoms with E-state index >= 15 is 0 Å². The fraction of sp³-hybridized carbons (Fsp3) is 0.375. The lowest BCUT2D eigenvalue weighted by Gasteiger charge is -2.18. The van der Waals surface area contributed by atoms with Crippen molar-refractivity contribution in [1.29, 1.82) is 0 Å². The molecule has 0 saturated heterocycles. The zero-order chi connectivity index (χ0) is 14.7. The molecule has 110 valence electrons. The Kier molecular flexibility index (Phi) is 4.31. The molecule has 0 bridgehead atoms. The summed E-state index contributed by atoms with van der Waals surface area (Å²) in [5, 5.41) is 9.90. The number of hydrogen-bond donors (Lipinski definition) is 1. The average Bonchev–Trinajstić information content (AvgIpc) is 3.11. The first kappa shape index (κ1) is 14.2. The molecule has 3 rings (SSSR count). The maximum Gasteiger partial charge on any atom is 0.0809 e. The number of nitrogens with one attached hydrogen (secondary N) is 1. The van der Waals surface area contributed by atoms with Crippen LogP contribution in [0.25, 0.3) is 10.2 Å². The Bertz CT molecular complexity index is 716. The van der Waals surface area contributed by atoms with Crippen molar-refractivity contribution in [2.75, 3.05) is 6.54 Å². The van der Waals surface area contributed by atoms with E-state index in [2.05, 4.69) is 45.9 Å². The van der Waals surface area contributed by atoms with Crippen molar-refractivity contribution in [1.82, 2.24) is 20.1 Å². The third-order valence-corrected chi connectivity index (χ3v) is 4.64. The Balaban J connectivity index is 1.78. The SMILES string of the molecule is CCNC(CCc1ccnn1C)c1cnc2ccsc2c1. The number of hydrogen-bond acceptors (Lipinski definition) is 4. The van der Waals surface area contributed by atoms with Crippen LogP contribution in [0.15, 0.2) is 36.0 Å². The summed E-state index contributed by atoms with van der Waals surface area (Å²) in [4.78, 5) is 4.56. The van der Waals surface area contributed by atoms with E-state index in [4.69, 9.17) is 0 Å². The maximum atomic E-state index is 4.56. The van der Waals surface area contributed by atoms with Crippen LogP contribution in [-0.2, 0) is 13.5 Å². The lowest BCUT2D eigenvalue weighted by Crippen LogP contribution is -2.22. The monoisotopic (exact) mass is 300 g/mol. The van der Waals surface area contributed by atoms with Gasteiger partial charge in [-0.15, -0.1) is 11.3 Å². The van der Waals surface area contributed by atoms with Crippen molar-refractivity contribution < 1.29 is 0 Å². The van der Waals surface area contributed by atoms with E-state index in [0.717, 1.165) is 24.9 Å². The minimum Gasteiger partial charge on any atom is -0.310 e. The molecule has 0 aliphatic heterocycles. The highest BCUT2D eigenvalue weighted by molar-refractivity contribution is 7.17. The van der Waals surface area contributed by atoms with Crippen LogP contribution in [0.1, 0.15) is 30.6 Å². The van der Waals surface area contributed by atoms with Crippen LogP contribution in [0.5, 0.6) is 0 Å². The summed E-state index contributed by atoms with van der Waals surface area (Å²) in [6, 6.07) is 6.76. The lowest BCUT2D eigenvalue weighted by atomic mass is 10.0. The standard InChI is InChI=1S/C16H20N4S/c1-3-17-14(5-4-13-6-8-19-20(13)2)12-10-16-15(18-11-12)7-9-21-16/h6-11,14,17H,3-5H2,1-2H3. The molecule has 5 heteroatoms. The number of nitrogens with zero attached hydrogens (tertiary/aromatic N) is 3. The molecule has 4 nitrogen and oxygen atoms in total. The number of aromatic nitrogens is 3. The number of aryl methyl sites for hydroxylation is 2. The van der Waals surface area contributed by atoms with E-state index in [1.54, 1.807) is 11.3 Å². The van der Waals surface area contributed by atoms with E-state index in [-0.39, 0.29) is 0 Å². The number of pyridine rings is 1. The molecule has 1 unspecified atom stereocenters. The molecule has 0 aromatic carbocycles. The predicted molar refractivity (Wildman–Crippen MR) is 87.6 cm³/mol. The smallest absolute Gasteiger partial charge is 0.0809 e. The first-order chi connectivity index (χ1) is 10.3. The minimum atomic E-state index is 0.337. The molecule has 3 aromatic heterocycles. The van der Waals surface area contributed by atoms with Gasteiger partial charge in [0, 0.05) is 31.2 Å². The first-order valence-corrected chi connectivity index (χ1v) is 8.19. The zero-order valence-corrected chi connectivity index (χ0v) is 13.2. The molecule has 3 aromatic rings. The third kappa shape index (κ3) is 3.14. The first-order valence-electron chi connectivity index (χ1n) is 7.31. The molecular weight excluding hydrogens is 280 g/mol. The van der Waals surface area contributed by atoms with Gasteiger partial charge in [-0.05, 0) is 48.5 Å². The molecule has 0 aliphatic carbocycles. The quantitative estimate of drug-likeness (QED) is 0.759. The van der Waals surface area contributed by atoms with Crippen LogP contribution in [-0.4, -0.2) is 21.3 Å². The highest BCUT2D eigenvalue weighted by Crippen LogP contribution is 2.25. The molecule has 1 N–H and O–H groups in total. The summed E-state index contributed by atoms with van der Waals surface area (Å²) in [6.07, 6.45) is 5.92. The predicted octanol–water partition coefficient (Wildman–Crippen LogP) is 3.31. The highest BCUT2D eigenvalue weighted by Gasteiger charge is 2.13. The van der Waals surface area contributed by atoms with Crippen molar-refractivity contribution in [2.45, 2.75) is 25.8 Å². The fourth-order valence-corrected chi connectivity index (χ4v) is 3.41. The second kappa shape index (κ2) is 6.37. The molecular formula is C16H20N4S. The van der Waals surface area contributed by atoms with Crippen molar-refractivity contribution in [3.05, 3.63) is 47.2 Å². The average molecular weight is 300 g/mol. The minimum absolute atomic E-state index is 0.337. The number of fused-ring (bicyclic) bond motifs is 1. The summed E-state index contributed by atoms with van der Waals surface area (Å²) < 4.78 is 3.21. The normalized spacial score (nSPS) is 12.9. The van der Waals surface area contributed by atoms with Gasteiger partial charge in [0.25, 0.3) is 0 Å². The van der Waals surface area contributed by atoms with Gasteiger partial charge in [-0.2, -0.15) is 5.10 Å². The summed E-state index contributed by atoms with van der Waals surface area (Å²) in [7, 11) is 2.00. The Morgan fingerprint density at radius 1 is 1.38 bits per heavy atom. The van der Waals surface area contributed by atoms with Crippen LogP contribution < -0.4 is 5.32 Å². The van der Waals surface area contributed by atoms with Crippen LogP contribution >= 0.6 is 11.3 Å². The van der Waals surface area contributed by atoms with Crippen molar-refractivity contribution in [2.24, 2.45) is 7.05 Å². The second-order valence-electron chi connectivity index (χ2n) is 5.17. The summed E-state index contributed by atoms with van der Waals surface area (Å²) in [5.41, 5.74) is 3.63. The van der Waals surface area contributed by atoms with Crippen LogP contribution in [0.4, 0.5) is 0 Å². The van der Waals surface area contributed by atoms with E-state index in [0.29, 0.717) is 6.04 Å². The molecule has 0 spiro atoms. The van der Waals surface area contributed by atoms with Gasteiger partial charge < -0.3 is 5.32 Å². The van der Waals surface area contributed by atoms with Crippen molar-refractivity contribution >= 4 is 21.6 Å². The molecule has 0 amide bonds. The lowest BCUT2D eigenvalue weighted by molar-refractivity contribution is 0.505. The number of thiophene rings is 1. The largest absolute Gasteiger partial charge is 0.310 e. The summed E-state index contributed by atoms with van der Waals surface area (Å²) >= 11 is 1.75. The van der Waals surface area contributed by atoms with Crippen LogP contribution in [0.3, 0.4) is 0 Å². The summed E-state index contributed by atoms with van der Waals surface area (Å²) in [6.45, 7) is 3.10. The zero-order valence-electron chi connectivity index (χ0n) is 12.4. The Morgan fingerprint density at radius 2 is 2.29 bits per heavy atom. The van der Waals surface area contributed by atoms with Gasteiger partial charge in [0.2, 0.25) is 0 Å². The number of rotatable bonds is 6. The van der Waals surface area contributed by atoms with Gasteiger partial charge in [-0.25, -0.2) is 0 Å². The van der Waals surface area contributed by atoms with E-state index < -0.39 is 0 Å². The Hall–Kier alpha value is -1.72. The van der Waals surface area contributed by atoms with Crippen molar-refractivity contribution in [3.63, 3.8) is 0 Å². The molecule has 0 saturated carbocycles. The third-order valence-electron chi connectivity index (χ3n) is 3.79. The summed E-state index contributed by atoms with van der Waals surface area (Å²) in [5.74, 6) is 0. The van der Waals surface area contributed by atoms with E-state index in [9.17, 15) is 0 Å². The van der Waals surface area contributed by atoms with Gasteiger partial charge in [0.15, 0.2) is 0 Å². The van der Waals surface area contributed by atoms with Gasteiger partial charge in [-0.3, -0.25) is 9.67 Å². The Labute approximate surface area is 128 Å². The fourth-order valence-electron chi connectivity index (χ4n) is 2.62. The molecule has 0 aliphatic rings. The van der Waals surface area contributed by atoms with Gasteiger partial charge in [-0.1, -0.05) is 6.92 Å². The van der Waals surface area contributed by atoms with E-state index in [1.807, 2.05) is 24.1 Å². The molecule has 0 radical (unpaired) electrons. The Morgan fingerprint density at radius 3 is 3.05 bits per heavy atom. The van der Waals surface area contributed by atoms with Crippen LogP contribution in [0, 0.1) is 0 Å². The molecule has 1 atom stereocenters. The molecule has 3 heterocycles. The molecule has 21 heavy (non-hydrogen) atoms. The second-order valence-corrected chi connectivity index (χ2v) is 6.12.